The van der Waals surface area contributed by atoms with E-state index in [4.69, 9.17) is 16.3 Å². The quantitative estimate of drug-likeness (QED) is 0.426. The predicted molar refractivity (Wildman–Crippen MR) is 137 cm³/mol. The number of halogens is 1. The van der Waals surface area contributed by atoms with Gasteiger partial charge in [0.15, 0.2) is 15.7 Å². The standard InChI is InChI=1S/C26H28ClN3O4S/c1-34-23-10-6-5-9-19(23)22-15-29-25(16-28-22)30-26(31)20(13-17-7-3-4-8-17)18-11-12-24(21(27)14-18)35(2,32)33/h5-6,9-12,14-17,20H,3-4,7-8,13H2,1-2H3,(H,29,30,31). The molecular formula is C26H28ClN3O4S. The molecule has 0 spiro atoms. The molecule has 1 aromatic heterocycles. The highest BCUT2D eigenvalue weighted by Gasteiger charge is 2.28. The largest absolute Gasteiger partial charge is 0.496 e. The monoisotopic (exact) mass is 513 g/mol. The summed E-state index contributed by atoms with van der Waals surface area (Å²) in [4.78, 5) is 22.3. The zero-order valence-electron chi connectivity index (χ0n) is 19.7. The van der Waals surface area contributed by atoms with Gasteiger partial charge in [-0.25, -0.2) is 13.4 Å². The Bertz CT molecular complexity index is 1310. The van der Waals surface area contributed by atoms with Crippen LogP contribution in [0.15, 0.2) is 59.8 Å². The number of carbonyl (C=O) groups is 1. The highest BCUT2D eigenvalue weighted by molar-refractivity contribution is 7.90. The summed E-state index contributed by atoms with van der Waals surface area (Å²) in [5.74, 6) is 0.742. The molecule has 1 atom stereocenters. The molecule has 2 aromatic carbocycles. The van der Waals surface area contributed by atoms with Crippen molar-refractivity contribution in [3.63, 3.8) is 0 Å². The van der Waals surface area contributed by atoms with Gasteiger partial charge >= 0.3 is 0 Å². The molecule has 7 nitrogen and oxygen atoms in total. The van der Waals surface area contributed by atoms with Crippen molar-refractivity contribution < 1.29 is 17.9 Å². The van der Waals surface area contributed by atoms with E-state index in [2.05, 4.69) is 15.3 Å². The summed E-state index contributed by atoms with van der Waals surface area (Å²) >= 11 is 6.30. The van der Waals surface area contributed by atoms with Gasteiger partial charge in [0.1, 0.15) is 5.75 Å². The molecule has 0 aliphatic heterocycles. The van der Waals surface area contributed by atoms with Gasteiger partial charge in [0, 0.05) is 11.8 Å². The first-order valence-corrected chi connectivity index (χ1v) is 13.8. The number of nitrogens with zero attached hydrogens (tertiary/aromatic N) is 2. The molecule has 1 unspecified atom stereocenters. The number of nitrogens with one attached hydrogen (secondary N) is 1. The number of ether oxygens (including phenoxy) is 1. The first-order valence-electron chi connectivity index (χ1n) is 11.5. The molecule has 0 radical (unpaired) electrons. The Kier molecular flexibility index (Phi) is 7.72. The Labute approximate surface area is 210 Å². The van der Waals surface area contributed by atoms with Crippen LogP contribution in [0.3, 0.4) is 0 Å². The van der Waals surface area contributed by atoms with Crippen molar-refractivity contribution in [3.8, 4) is 17.0 Å². The van der Waals surface area contributed by atoms with E-state index >= 15 is 0 Å². The van der Waals surface area contributed by atoms with Crippen LogP contribution in [-0.4, -0.2) is 37.7 Å². The average Bonchev–Trinajstić information content (AvgIpc) is 3.35. The number of rotatable bonds is 8. The molecule has 1 N–H and O–H groups in total. The number of hydrogen-bond acceptors (Lipinski definition) is 6. The van der Waals surface area contributed by atoms with Gasteiger partial charge in [-0.3, -0.25) is 9.78 Å². The van der Waals surface area contributed by atoms with E-state index in [0.29, 0.717) is 35.2 Å². The van der Waals surface area contributed by atoms with E-state index in [0.717, 1.165) is 37.5 Å². The fourth-order valence-electron chi connectivity index (χ4n) is 4.61. The molecular weight excluding hydrogens is 486 g/mol. The minimum Gasteiger partial charge on any atom is -0.496 e. The van der Waals surface area contributed by atoms with Crippen LogP contribution in [0.5, 0.6) is 5.75 Å². The number of anilines is 1. The molecule has 4 rings (SSSR count). The van der Waals surface area contributed by atoms with Crippen molar-refractivity contribution in [3.05, 3.63) is 65.4 Å². The van der Waals surface area contributed by atoms with E-state index in [9.17, 15) is 13.2 Å². The van der Waals surface area contributed by atoms with Crippen LogP contribution < -0.4 is 10.1 Å². The minimum atomic E-state index is -3.46. The molecule has 3 aromatic rings. The molecule has 0 bridgehead atoms. The third-order valence-electron chi connectivity index (χ3n) is 6.40. The summed E-state index contributed by atoms with van der Waals surface area (Å²) < 4.78 is 29.3. The van der Waals surface area contributed by atoms with Crippen LogP contribution in [0, 0.1) is 5.92 Å². The number of carbonyl (C=O) groups excluding carboxylic acids is 1. The molecule has 1 heterocycles. The number of hydrogen-bond donors (Lipinski definition) is 1. The maximum Gasteiger partial charge on any atom is 0.233 e. The lowest BCUT2D eigenvalue weighted by Gasteiger charge is -2.21. The minimum absolute atomic E-state index is 0.0562. The van der Waals surface area contributed by atoms with Gasteiger partial charge in [0.05, 0.1) is 41.0 Å². The van der Waals surface area contributed by atoms with Gasteiger partial charge in [0.25, 0.3) is 0 Å². The van der Waals surface area contributed by atoms with Crippen molar-refractivity contribution in [1.82, 2.24) is 9.97 Å². The van der Waals surface area contributed by atoms with Crippen LogP contribution in [0.4, 0.5) is 5.82 Å². The Hall–Kier alpha value is -2.97. The zero-order chi connectivity index (χ0) is 25.0. The summed E-state index contributed by atoms with van der Waals surface area (Å²) in [7, 11) is -1.86. The van der Waals surface area contributed by atoms with E-state index in [1.54, 1.807) is 25.4 Å². The number of aromatic nitrogens is 2. The molecule has 1 amide bonds. The van der Waals surface area contributed by atoms with Gasteiger partial charge in [-0.1, -0.05) is 55.5 Å². The van der Waals surface area contributed by atoms with Gasteiger partial charge in [-0.05, 0) is 42.2 Å². The Morgan fingerprint density at radius 1 is 1.14 bits per heavy atom. The van der Waals surface area contributed by atoms with Crippen molar-refractivity contribution in [2.75, 3.05) is 18.7 Å². The van der Waals surface area contributed by atoms with Crippen molar-refractivity contribution in [2.24, 2.45) is 5.92 Å². The van der Waals surface area contributed by atoms with Crippen LogP contribution in [0.25, 0.3) is 11.3 Å². The second kappa shape index (κ2) is 10.7. The Morgan fingerprint density at radius 2 is 1.89 bits per heavy atom. The molecule has 9 heteroatoms. The summed E-state index contributed by atoms with van der Waals surface area (Å²) in [5, 5.41) is 3.00. The van der Waals surface area contributed by atoms with Gasteiger partial charge < -0.3 is 10.1 Å². The molecule has 35 heavy (non-hydrogen) atoms. The van der Waals surface area contributed by atoms with Crippen LogP contribution in [-0.2, 0) is 14.6 Å². The molecule has 1 saturated carbocycles. The molecule has 1 aliphatic rings. The maximum atomic E-state index is 13.4. The highest BCUT2D eigenvalue weighted by atomic mass is 35.5. The van der Waals surface area contributed by atoms with Gasteiger partial charge in [-0.15, -0.1) is 0 Å². The van der Waals surface area contributed by atoms with Gasteiger partial charge in [-0.2, -0.15) is 0 Å². The van der Waals surface area contributed by atoms with Crippen LogP contribution in [0.1, 0.15) is 43.6 Å². The molecule has 184 valence electrons. The summed E-state index contributed by atoms with van der Waals surface area (Å²) in [6.07, 6.45) is 9.35. The SMILES string of the molecule is COc1ccccc1-c1cnc(NC(=O)C(CC2CCCC2)c2ccc(S(C)(=O)=O)c(Cl)c2)cn1. The van der Waals surface area contributed by atoms with E-state index in [-0.39, 0.29) is 15.8 Å². The first kappa shape index (κ1) is 25.1. The smallest absolute Gasteiger partial charge is 0.233 e. The molecule has 0 saturated heterocycles. The van der Waals surface area contributed by atoms with E-state index in [1.165, 1.54) is 12.3 Å². The highest BCUT2D eigenvalue weighted by Crippen LogP contribution is 2.36. The zero-order valence-corrected chi connectivity index (χ0v) is 21.3. The molecule has 1 aliphatic carbocycles. The van der Waals surface area contributed by atoms with E-state index < -0.39 is 15.8 Å². The summed E-state index contributed by atoms with van der Waals surface area (Å²) in [6.45, 7) is 0. The molecule has 1 fully saturated rings. The lowest BCUT2D eigenvalue weighted by atomic mass is 9.87. The number of sulfone groups is 1. The number of benzene rings is 2. The van der Waals surface area contributed by atoms with Crippen molar-refractivity contribution in [2.45, 2.75) is 42.9 Å². The Balaban J connectivity index is 1.57. The first-order chi connectivity index (χ1) is 16.8. The number of amides is 1. The fraction of sp³-hybridized carbons (Fsp3) is 0.346. The normalized spacial score (nSPS) is 15.1. The topological polar surface area (TPSA) is 98.2 Å². The van der Waals surface area contributed by atoms with Crippen molar-refractivity contribution in [1.29, 1.82) is 0 Å². The summed E-state index contributed by atoms with van der Waals surface area (Å²) in [5.41, 5.74) is 2.12. The van der Waals surface area contributed by atoms with E-state index in [1.807, 2.05) is 24.3 Å². The predicted octanol–water partition coefficient (Wildman–Crippen LogP) is 5.51. The third-order valence-corrected chi connectivity index (χ3v) is 7.98. The maximum absolute atomic E-state index is 13.4. The number of methoxy groups -OCH3 is 1. The fourth-order valence-corrected chi connectivity index (χ4v) is 5.95. The second-order valence-corrected chi connectivity index (χ2v) is 11.3. The lowest BCUT2D eigenvalue weighted by molar-refractivity contribution is -0.118. The van der Waals surface area contributed by atoms with Crippen molar-refractivity contribution >= 4 is 33.2 Å². The van der Waals surface area contributed by atoms with Gasteiger partial charge in [0.2, 0.25) is 5.91 Å². The lowest BCUT2D eigenvalue weighted by Crippen LogP contribution is -2.24. The van der Waals surface area contributed by atoms with Crippen LogP contribution in [0.2, 0.25) is 5.02 Å². The third kappa shape index (κ3) is 6.00. The second-order valence-electron chi connectivity index (χ2n) is 8.88. The van der Waals surface area contributed by atoms with Crippen LogP contribution >= 0.6 is 11.6 Å². The number of para-hydroxylation sites is 1. The Morgan fingerprint density at radius 3 is 2.51 bits per heavy atom. The summed E-state index contributed by atoms with van der Waals surface area (Å²) in [6, 6.07) is 12.3. The average molecular weight is 514 g/mol.